The molecule has 1 atom stereocenters. The van der Waals surface area contributed by atoms with E-state index in [9.17, 15) is 18.0 Å². The maximum atomic E-state index is 12.7. The first-order valence-corrected chi connectivity index (χ1v) is 6.48. The van der Waals surface area contributed by atoms with Crippen LogP contribution >= 0.6 is 15.9 Å². The van der Waals surface area contributed by atoms with Crippen molar-refractivity contribution in [3.63, 3.8) is 0 Å². The molecule has 1 amide bonds. The summed E-state index contributed by atoms with van der Waals surface area (Å²) in [6.07, 6.45) is -3.28. The summed E-state index contributed by atoms with van der Waals surface area (Å²) in [6, 6.07) is 2.78. The minimum Gasteiger partial charge on any atom is -0.325 e. The van der Waals surface area contributed by atoms with Crippen LogP contribution < -0.4 is 11.1 Å². The molecule has 106 valence electrons. The molecule has 0 aromatic heterocycles. The maximum Gasteiger partial charge on any atom is 0.417 e. The molecule has 1 aromatic carbocycles. The Morgan fingerprint density at radius 2 is 2.11 bits per heavy atom. The Bertz CT molecular complexity index is 463. The van der Waals surface area contributed by atoms with Crippen molar-refractivity contribution in [3.8, 4) is 0 Å². The summed E-state index contributed by atoms with van der Waals surface area (Å²) in [7, 11) is 0. The van der Waals surface area contributed by atoms with Gasteiger partial charge in [-0.3, -0.25) is 4.79 Å². The van der Waals surface area contributed by atoms with Crippen LogP contribution in [-0.2, 0) is 11.0 Å². The summed E-state index contributed by atoms with van der Waals surface area (Å²) < 4.78 is 38.0. The second-order valence-electron chi connectivity index (χ2n) is 4.08. The van der Waals surface area contributed by atoms with E-state index in [-0.39, 0.29) is 10.2 Å². The lowest BCUT2D eigenvalue weighted by Gasteiger charge is -2.14. The highest BCUT2D eigenvalue weighted by molar-refractivity contribution is 9.10. The van der Waals surface area contributed by atoms with E-state index < -0.39 is 23.7 Å². The molecule has 0 unspecified atom stereocenters. The highest BCUT2D eigenvalue weighted by Crippen LogP contribution is 2.36. The van der Waals surface area contributed by atoms with E-state index in [1.54, 1.807) is 0 Å². The normalized spacial score (nSPS) is 13.2. The topological polar surface area (TPSA) is 55.1 Å². The first kappa shape index (κ1) is 16.0. The van der Waals surface area contributed by atoms with Crippen LogP contribution in [0.4, 0.5) is 18.9 Å². The van der Waals surface area contributed by atoms with Crippen LogP contribution in [0.3, 0.4) is 0 Å². The smallest absolute Gasteiger partial charge is 0.325 e. The predicted molar refractivity (Wildman–Crippen MR) is 70.7 cm³/mol. The van der Waals surface area contributed by atoms with E-state index >= 15 is 0 Å². The lowest BCUT2D eigenvalue weighted by Crippen LogP contribution is -2.35. The van der Waals surface area contributed by atoms with Crippen LogP contribution in [-0.4, -0.2) is 11.9 Å². The number of nitrogens with two attached hydrogens (primary N) is 1. The van der Waals surface area contributed by atoms with E-state index in [4.69, 9.17) is 5.73 Å². The van der Waals surface area contributed by atoms with Crippen molar-refractivity contribution in [2.45, 2.75) is 32.0 Å². The van der Waals surface area contributed by atoms with Gasteiger partial charge < -0.3 is 11.1 Å². The fourth-order valence-electron chi connectivity index (χ4n) is 1.50. The Balaban J connectivity index is 2.89. The largest absolute Gasteiger partial charge is 0.417 e. The first-order chi connectivity index (χ1) is 8.75. The SMILES string of the molecule is CCC[C@@H](N)C(=O)Nc1ccc(Br)c(C(F)(F)F)c1. The molecule has 0 aliphatic carbocycles. The number of carbonyl (C=O) groups excluding carboxylic acids is 1. The minimum atomic E-state index is -4.48. The van der Waals surface area contributed by atoms with Gasteiger partial charge in [0.15, 0.2) is 0 Å². The van der Waals surface area contributed by atoms with Crippen molar-refractivity contribution in [1.82, 2.24) is 0 Å². The Labute approximate surface area is 117 Å². The van der Waals surface area contributed by atoms with Crippen LogP contribution in [0.15, 0.2) is 22.7 Å². The van der Waals surface area contributed by atoms with Crippen LogP contribution in [0.2, 0.25) is 0 Å². The van der Waals surface area contributed by atoms with Crippen molar-refractivity contribution in [3.05, 3.63) is 28.2 Å². The number of nitrogens with one attached hydrogen (secondary N) is 1. The quantitative estimate of drug-likeness (QED) is 0.882. The van der Waals surface area contributed by atoms with Crippen LogP contribution in [0.5, 0.6) is 0 Å². The van der Waals surface area contributed by atoms with Gasteiger partial charge in [0.2, 0.25) is 5.91 Å². The average molecular weight is 339 g/mol. The fourth-order valence-corrected chi connectivity index (χ4v) is 1.97. The standard InChI is InChI=1S/C12H14BrF3N2O/c1-2-3-10(17)11(19)18-7-4-5-9(13)8(6-7)12(14,15)16/h4-6,10H,2-3,17H2,1H3,(H,18,19)/t10-/m1/s1. The van der Waals surface area contributed by atoms with Gasteiger partial charge >= 0.3 is 6.18 Å². The molecule has 0 aliphatic heterocycles. The summed E-state index contributed by atoms with van der Waals surface area (Å²) in [5, 5.41) is 2.38. The van der Waals surface area contributed by atoms with Gasteiger partial charge in [-0.2, -0.15) is 13.2 Å². The van der Waals surface area contributed by atoms with Gasteiger partial charge in [0, 0.05) is 10.2 Å². The monoisotopic (exact) mass is 338 g/mol. The van der Waals surface area contributed by atoms with E-state index in [1.807, 2.05) is 6.92 Å². The van der Waals surface area contributed by atoms with E-state index in [2.05, 4.69) is 21.2 Å². The molecule has 0 bridgehead atoms. The van der Waals surface area contributed by atoms with E-state index in [0.717, 1.165) is 12.5 Å². The summed E-state index contributed by atoms with van der Waals surface area (Å²) in [5.74, 6) is -0.489. The minimum absolute atomic E-state index is 0.0733. The number of anilines is 1. The molecule has 0 radical (unpaired) electrons. The molecule has 3 nitrogen and oxygen atoms in total. The molecule has 1 aromatic rings. The molecule has 0 aliphatic rings. The van der Waals surface area contributed by atoms with Gasteiger partial charge in [-0.15, -0.1) is 0 Å². The van der Waals surface area contributed by atoms with Crippen molar-refractivity contribution < 1.29 is 18.0 Å². The van der Waals surface area contributed by atoms with Gasteiger partial charge in [0.1, 0.15) is 0 Å². The van der Waals surface area contributed by atoms with Crippen LogP contribution in [0.25, 0.3) is 0 Å². The molecule has 7 heteroatoms. The summed E-state index contributed by atoms with van der Waals surface area (Å²) in [6.45, 7) is 1.87. The van der Waals surface area contributed by atoms with Gasteiger partial charge in [0.05, 0.1) is 11.6 Å². The van der Waals surface area contributed by atoms with Gasteiger partial charge in [-0.25, -0.2) is 0 Å². The summed E-state index contributed by atoms with van der Waals surface area (Å²) in [4.78, 5) is 11.6. The molecular formula is C12H14BrF3N2O. The van der Waals surface area contributed by atoms with Crippen molar-refractivity contribution in [2.24, 2.45) is 5.73 Å². The second-order valence-corrected chi connectivity index (χ2v) is 4.93. The first-order valence-electron chi connectivity index (χ1n) is 5.69. The Morgan fingerprint density at radius 1 is 1.47 bits per heavy atom. The molecule has 0 fully saturated rings. The van der Waals surface area contributed by atoms with Crippen molar-refractivity contribution in [1.29, 1.82) is 0 Å². The lowest BCUT2D eigenvalue weighted by molar-refractivity contribution is -0.138. The Kier molecular flexibility index (Phi) is 5.37. The molecule has 1 rings (SSSR count). The molecule has 0 heterocycles. The van der Waals surface area contributed by atoms with Gasteiger partial charge in [-0.05, 0) is 24.6 Å². The molecule has 0 spiro atoms. The molecule has 0 saturated carbocycles. The second kappa shape index (κ2) is 6.38. The number of amides is 1. The maximum absolute atomic E-state index is 12.7. The number of hydrogen-bond donors (Lipinski definition) is 2. The van der Waals surface area contributed by atoms with E-state index in [1.165, 1.54) is 12.1 Å². The van der Waals surface area contributed by atoms with Crippen molar-refractivity contribution in [2.75, 3.05) is 5.32 Å². The number of benzene rings is 1. The zero-order valence-corrected chi connectivity index (χ0v) is 11.8. The van der Waals surface area contributed by atoms with Crippen LogP contribution in [0, 0.1) is 0 Å². The Morgan fingerprint density at radius 3 is 2.63 bits per heavy atom. The fraction of sp³-hybridized carbons (Fsp3) is 0.417. The third kappa shape index (κ3) is 4.50. The molecular weight excluding hydrogens is 325 g/mol. The molecule has 3 N–H and O–H groups in total. The summed E-state index contributed by atoms with van der Waals surface area (Å²) >= 11 is 2.83. The highest BCUT2D eigenvalue weighted by atomic mass is 79.9. The third-order valence-electron chi connectivity index (χ3n) is 2.48. The number of carbonyl (C=O) groups is 1. The molecule has 19 heavy (non-hydrogen) atoms. The summed E-state index contributed by atoms with van der Waals surface area (Å²) in [5.41, 5.74) is 4.82. The van der Waals surface area contributed by atoms with Gasteiger partial charge in [-0.1, -0.05) is 29.3 Å². The lowest BCUT2D eigenvalue weighted by atomic mass is 10.1. The predicted octanol–water partition coefficient (Wildman–Crippen LogP) is 3.53. The number of alkyl halides is 3. The zero-order valence-electron chi connectivity index (χ0n) is 10.2. The highest BCUT2D eigenvalue weighted by Gasteiger charge is 2.33. The molecule has 0 saturated heterocycles. The van der Waals surface area contributed by atoms with Gasteiger partial charge in [0.25, 0.3) is 0 Å². The van der Waals surface area contributed by atoms with Crippen molar-refractivity contribution >= 4 is 27.5 Å². The number of rotatable bonds is 4. The number of halogens is 4. The van der Waals surface area contributed by atoms with E-state index in [0.29, 0.717) is 6.42 Å². The average Bonchev–Trinajstić information content (AvgIpc) is 2.30. The third-order valence-corrected chi connectivity index (χ3v) is 3.17. The zero-order chi connectivity index (χ0) is 14.6. The Hall–Kier alpha value is -1.08. The number of hydrogen-bond acceptors (Lipinski definition) is 2. The van der Waals surface area contributed by atoms with Crippen LogP contribution in [0.1, 0.15) is 25.3 Å².